The van der Waals surface area contributed by atoms with Gasteiger partial charge in [-0.3, -0.25) is 4.79 Å². The first-order valence-electron chi connectivity index (χ1n) is 8.21. The third-order valence-electron chi connectivity index (χ3n) is 3.97. The number of carbonyl (C=O) groups excluding carboxylic acids is 1. The van der Waals surface area contributed by atoms with Crippen molar-refractivity contribution in [3.63, 3.8) is 0 Å². The molecule has 11 heteroatoms. The van der Waals surface area contributed by atoms with E-state index in [9.17, 15) is 17.6 Å². The summed E-state index contributed by atoms with van der Waals surface area (Å²) in [7, 11) is -0.902. The van der Waals surface area contributed by atoms with Gasteiger partial charge in [0.25, 0.3) is 10.0 Å². The van der Waals surface area contributed by atoms with Gasteiger partial charge in [0.05, 0.1) is 42.5 Å². The number of hydrogen-bond acceptors (Lipinski definition) is 6. The number of halogens is 2. The van der Waals surface area contributed by atoms with Crippen LogP contribution < -0.4 is 9.46 Å². The number of sulfonamides is 1. The summed E-state index contributed by atoms with van der Waals surface area (Å²) >= 11 is 5.91. The van der Waals surface area contributed by atoms with Crippen molar-refractivity contribution in [2.75, 3.05) is 13.7 Å². The highest BCUT2D eigenvalue weighted by molar-refractivity contribution is 7.89. The molecular formula is C18H16ClFN4O4S. The topological polar surface area (TPSA) is 103 Å². The molecule has 8 nitrogen and oxygen atoms in total. The fourth-order valence-corrected chi connectivity index (χ4v) is 3.60. The third kappa shape index (κ3) is 4.61. The van der Waals surface area contributed by atoms with Crippen molar-refractivity contribution in [1.82, 2.24) is 19.3 Å². The molecule has 0 aliphatic heterocycles. The van der Waals surface area contributed by atoms with Crippen LogP contribution in [0.5, 0.6) is 5.75 Å². The maximum Gasteiger partial charge on any atom is 0.258 e. The molecule has 1 aromatic carbocycles. The van der Waals surface area contributed by atoms with Crippen LogP contribution in [0.2, 0.25) is 5.02 Å². The maximum absolute atomic E-state index is 14.4. The van der Waals surface area contributed by atoms with Crippen LogP contribution in [0.1, 0.15) is 10.4 Å². The highest BCUT2D eigenvalue weighted by Gasteiger charge is 2.21. The Morgan fingerprint density at radius 2 is 2.07 bits per heavy atom. The molecule has 2 aromatic heterocycles. The van der Waals surface area contributed by atoms with Gasteiger partial charge in [-0.2, -0.15) is 0 Å². The SMILES string of the molecule is COc1ccc(S(=O)(=O)NCC(=O)c2cc(-c3cn(C)cn3)cc(Cl)c2F)nc1. The highest BCUT2D eigenvalue weighted by Crippen LogP contribution is 2.27. The molecular weight excluding hydrogens is 423 g/mol. The van der Waals surface area contributed by atoms with Crippen molar-refractivity contribution >= 4 is 27.4 Å². The van der Waals surface area contributed by atoms with Crippen molar-refractivity contribution in [3.8, 4) is 17.0 Å². The first-order chi connectivity index (χ1) is 13.7. The van der Waals surface area contributed by atoms with Gasteiger partial charge in [-0.05, 0) is 24.3 Å². The Bertz CT molecular complexity index is 1160. The number of benzene rings is 1. The molecule has 2 heterocycles. The number of Topliss-reactive ketones (excluding diaryl/α,β-unsaturated/α-hetero) is 1. The summed E-state index contributed by atoms with van der Waals surface area (Å²) in [5.41, 5.74) is 0.579. The number of aromatic nitrogens is 3. The summed E-state index contributed by atoms with van der Waals surface area (Å²) < 4.78 is 47.7. The van der Waals surface area contributed by atoms with Crippen LogP contribution in [0.4, 0.5) is 4.39 Å². The van der Waals surface area contributed by atoms with Crippen LogP contribution in [0.25, 0.3) is 11.3 Å². The lowest BCUT2D eigenvalue weighted by Gasteiger charge is -2.09. The Morgan fingerprint density at radius 3 is 2.66 bits per heavy atom. The summed E-state index contributed by atoms with van der Waals surface area (Å²) in [5.74, 6) is -1.35. The molecule has 0 radical (unpaired) electrons. The largest absolute Gasteiger partial charge is 0.495 e. The molecule has 3 aromatic rings. The van der Waals surface area contributed by atoms with E-state index in [1.807, 2.05) is 0 Å². The van der Waals surface area contributed by atoms with E-state index in [0.717, 1.165) is 0 Å². The van der Waals surface area contributed by atoms with Gasteiger partial charge < -0.3 is 9.30 Å². The maximum atomic E-state index is 14.4. The zero-order valence-corrected chi connectivity index (χ0v) is 17.0. The standard InChI is InChI=1S/C18H16ClFN4O4S/c1-24-9-15(22-10-24)11-5-13(18(20)14(19)6-11)16(25)8-23-29(26,27)17-4-3-12(28-2)7-21-17/h3-7,9-10,23H,8H2,1-2H3. The number of nitrogens with one attached hydrogen (secondary N) is 1. The van der Waals surface area contributed by atoms with E-state index in [1.54, 1.807) is 24.1 Å². The number of aryl methyl sites for hydroxylation is 1. The predicted molar refractivity (Wildman–Crippen MR) is 104 cm³/mol. The molecule has 152 valence electrons. The number of methoxy groups -OCH3 is 1. The summed E-state index contributed by atoms with van der Waals surface area (Å²) in [6.07, 6.45) is 4.45. The molecule has 0 saturated heterocycles. The Labute approximate surface area is 171 Å². The first-order valence-corrected chi connectivity index (χ1v) is 10.1. The zero-order chi connectivity index (χ0) is 21.2. The molecule has 3 rings (SSSR count). The van der Waals surface area contributed by atoms with Gasteiger partial charge in [0.15, 0.2) is 16.6 Å². The molecule has 0 aliphatic rings. The van der Waals surface area contributed by atoms with Crippen LogP contribution in [0, 0.1) is 5.82 Å². The Hall–Kier alpha value is -2.82. The number of imidazole rings is 1. The van der Waals surface area contributed by atoms with Crippen LogP contribution in [-0.2, 0) is 17.1 Å². The zero-order valence-electron chi connectivity index (χ0n) is 15.4. The fraction of sp³-hybridized carbons (Fsp3) is 0.167. The van der Waals surface area contributed by atoms with Crippen LogP contribution >= 0.6 is 11.6 Å². The molecule has 0 aliphatic carbocycles. The average molecular weight is 439 g/mol. The second kappa shape index (κ2) is 8.27. The molecule has 29 heavy (non-hydrogen) atoms. The van der Waals surface area contributed by atoms with Gasteiger partial charge in [0.2, 0.25) is 0 Å². The minimum atomic E-state index is -4.08. The molecule has 1 N–H and O–H groups in total. The van der Waals surface area contributed by atoms with Crippen LogP contribution in [0.15, 0.2) is 48.0 Å². The van der Waals surface area contributed by atoms with Crippen molar-refractivity contribution in [2.45, 2.75) is 5.03 Å². The molecule has 0 spiro atoms. The molecule has 0 fully saturated rings. The molecule has 0 amide bonds. The number of rotatable bonds is 7. The Balaban J connectivity index is 1.82. The molecule has 0 unspecified atom stereocenters. The highest BCUT2D eigenvalue weighted by atomic mass is 35.5. The van der Waals surface area contributed by atoms with Crippen molar-refractivity contribution in [3.05, 3.63) is 59.4 Å². The van der Waals surface area contributed by atoms with Gasteiger partial charge in [-0.1, -0.05) is 11.6 Å². The van der Waals surface area contributed by atoms with Gasteiger partial charge in [0, 0.05) is 18.8 Å². The number of pyridine rings is 1. The Morgan fingerprint density at radius 1 is 1.31 bits per heavy atom. The van der Waals surface area contributed by atoms with Crippen molar-refractivity contribution in [2.24, 2.45) is 7.05 Å². The first kappa shape index (κ1) is 20.9. The second-order valence-corrected chi connectivity index (χ2v) is 8.15. The van der Waals surface area contributed by atoms with Crippen molar-refractivity contribution < 1.29 is 22.3 Å². The minimum Gasteiger partial charge on any atom is -0.495 e. The quantitative estimate of drug-likeness (QED) is 0.568. The van der Waals surface area contributed by atoms with Crippen LogP contribution in [-0.4, -0.2) is 42.4 Å². The number of ketones is 1. The molecule has 0 saturated carbocycles. The van der Waals surface area contributed by atoms with E-state index in [1.165, 1.54) is 37.6 Å². The van der Waals surface area contributed by atoms with Crippen molar-refractivity contribution in [1.29, 1.82) is 0 Å². The minimum absolute atomic E-state index is 0.267. The second-order valence-electron chi connectivity index (χ2n) is 6.03. The van der Waals surface area contributed by atoms with E-state index < -0.39 is 28.2 Å². The lowest BCUT2D eigenvalue weighted by Crippen LogP contribution is -2.30. The predicted octanol–water partition coefficient (Wildman–Crippen LogP) is 2.44. The monoisotopic (exact) mass is 438 g/mol. The third-order valence-corrected chi connectivity index (χ3v) is 5.56. The van der Waals surface area contributed by atoms with Gasteiger partial charge in [-0.15, -0.1) is 0 Å². The van der Waals surface area contributed by atoms with Gasteiger partial charge in [-0.25, -0.2) is 27.5 Å². The van der Waals surface area contributed by atoms with E-state index in [0.29, 0.717) is 17.0 Å². The lowest BCUT2D eigenvalue weighted by molar-refractivity contribution is 0.0993. The van der Waals surface area contributed by atoms with Crippen LogP contribution in [0.3, 0.4) is 0 Å². The molecule has 0 bridgehead atoms. The lowest BCUT2D eigenvalue weighted by atomic mass is 10.0. The van der Waals surface area contributed by atoms with E-state index >= 15 is 0 Å². The molecule has 0 atom stereocenters. The normalized spacial score (nSPS) is 11.4. The summed E-state index contributed by atoms with van der Waals surface area (Å²) in [6, 6.07) is 5.28. The van der Waals surface area contributed by atoms with Gasteiger partial charge in [0.1, 0.15) is 5.75 Å². The number of nitrogens with zero attached hydrogens (tertiary/aromatic N) is 3. The number of ether oxygens (including phenoxy) is 1. The number of carbonyl (C=O) groups is 1. The average Bonchev–Trinajstić information content (AvgIpc) is 3.14. The fourth-order valence-electron chi connectivity index (χ4n) is 2.48. The summed E-state index contributed by atoms with van der Waals surface area (Å²) in [4.78, 5) is 20.4. The smallest absolute Gasteiger partial charge is 0.258 e. The van der Waals surface area contributed by atoms with E-state index in [-0.39, 0.29) is 15.6 Å². The Kier molecular flexibility index (Phi) is 5.96. The van der Waals surface area contributed by atoms with E-state index in [2.05, 4.69) is 14.7 Å². The summed E-state index contributed by atoms with van der Waals surface area (Å²) in [5, 5.41) is -0.567. The van der Waals surface area contributed by atoms with E-state index in [4.69, 9.17) is 16.3 Å². The summed E-state index contributed by atoms with van der Waals surface area (Å²) in [6.45, 7) is -0.672. The van der Waals surface area contributed by atoms with Gasteiger partial charge >= 0.3 is 0 Å². The number of hydrogen-bond donors (Lipinski definition) is 1.